The summed E-state index contributed by atoms with van der Waals surface area (Å²) in [6.45, 7) is 0.492. The van der Waals surface area contributed by atoms with Crippen LogP contribution in [0.3, 0.4) is 0 Å². The van der Waals surface area contributed by atoms with Gasteiger partial charge in [0, 0.05) is 16.9 Å². The first-order valence-electron chi connectivity index (χ1n) is 7.42. The van der Waals surface area contributed by atoms with Crippen LogP contribution in [0.2, 0.25) is 0 Å². The Morgan fingerprint density at radius 2 is 2.05 bits per heavy atom. The zero-order chi connectivity index (χ0) is 14.8. The molecule has 0 spiro atoms. The fourth-order valence-electron chi connectivity index (χ4n) is 3.47. The predicted molar refractivity (Wildman–Crippen MR) is 81.8 cm³/mol. The lowest BCUT2D eigenvalue weighted by molar-refractivity contribution is -0.131. The van der Waals surface area contributed by atoms with Crippen LogP contribution in [0.25, 0.3) is 6.08 Å². The van der Waals surface area contributed by atoms with Crippen LogP contribution >= 0.6 is 11.3 Å². The van der Waals surface area contributed by atoms with Crippen LogP contribution in [0, 0.1) is 17.8 Å². The van der Waals surface area contributed by atoms with Crippen LogP contribution in [-0.4, -0.2) is 17.0 Å². The molecule has 2 aliphatic rings. The highest BCUT2D eigenvalue weighted by atomic mass is 32.1. The van der Waals surface area contributed by atoms with Gasteiger partial charge in [-0.05, 0) is 47.8 Å². The molecule has 2 N–H and O–H groups in total. The molecule has 1 aromatic rings. The van der Waals surface area contributed by atoms with Gasteiger partial charge in [-0.15, -0.1) is 11.3 Å². The average molecular weight is 305 g/mol. The number of thiophene rings is 1. The molecule has 1 aromatic heterocycles. The number of carboxylic acids is 1. The van der Waals surface area contributed by atoms with Crippen LogP contribution in [0.5, 0.6) is 0 Å². The normalized spacial score (nSPS) is 27.3. The SMILES string of the molecule is O=C(O)/C=C/c1ccsc1CNC(=O)C1C2CCCCC21. The van der Waals surface area contributed by atoms with Crippen LogP contribution in [0.15, 0.2) is 17.5 Å². The van der Waals surface area contributed by atoms with Gasteiger partial charge in [0.05, 0.1) is 6.54 Å². The maximum Gasteiger partial charge on any atom is 0.328 e. The molecule has 0 bridgehead atoms. The summed E-state index contributed by atoms with van der Waals surface area (Å²) in [5, 5.41) is 13.6. The Labute approximate surface area is 127 Å². The number of fused-ring (bicyclic) bond motifs is 1. The molecule has 1 heterocycles. The van der Waals surface area contributed by atoms with Gasteiger partial charge >= 0.3 is 5.97 Å². The minimum absolute atomic E-state index is 0.175. The standard InChI is InChI=1S/C16H19NO3S/c18-14(19)6-5-10-7-8-21-13(10)9-17-16(20)15-11-3-1-2-4-12(11)15/h5-8,11-12,15H,1-4,9H2,(H,17,20)(H,18,19)/b6-5+. The molecule has 0 aromatic carbocycles. The second-order valence-corrected chi connectivity index (χ2v) is 6.83. The summed E-state index contributed by atoms with van der Waals surface area (Å²) >= 11 is 1.54. The summed E-state index contributed by atoms with van der Waals surface area (Å²) < 4.78 is 0. The average Bonchev–Trinajstić information content (AvgIpc) is 3.03. The van der Waals surface area contributed by atoms with Crippen molar-refractivity contribution >= 4 is 29.3 Å². The smallest absolute Gasteiger partial charge is 0.328 e. The number of rotatable bonds is 5. The van der Waals surface area contributed by atoms with Crippen molar-refractivity contribution in [2.24, 2.45) is 17.8 Å². The third kappa shape index (κ3) is 3.18. The minimum atomic E-state index is -0.960. The summed E-state index contributed by atoms with van der Waals surface area (Å²) in [4.78, 5) is 23.8. The number of hydrogen-bond donors (Lipinski definition) is 2. The predicted octanol–water partition coefficient (Wildman–Crippen LogP) is 2.90. The van der Waals surface area contributed by atoms with E-state index in [2.05, 4.69) is 5.32 Å². The first-order valence-corrected chi connectivity index (χ1v) is 8.30. The van der Waals surface area contributed by atoms with E-state index in [1.807, 2.05) is 11.4 Å². The van der Waals surface area contributed by atoms with Crippen molar-refractivity contribution in [1.82, 2.24) is 5.32 Å². The number of nitrogens with one attached hydrogen (secondary N) is 1. The van der Waals surface area contributed by atoms with Gasteiger partial charge in [0.1, 0.15) is 0 Å². The van der Waals surface area contributed by atoms with E-state index in [4.69, 9.17) is 5.11 Å². The molecule has 2 atom stereocenters. The summed E-state index contributed by atoms with van der Waals surface area (Å²) in [5.41, 5.74) is 0.871. The van der Waals surface area contributed by atoms with E-state index in [0.717, 1.165) is 16.5 Å². The Morgan fingerprint density at radius 3 is 2.71 bits per heavy atom. The third-order valence-corrected chi connectivity index (χ3v) is 5.50. The summed E-state index contributed by atoms with van der Waals surface area (Å²) in [6, 6.07) is 1.88. The third-order valence-electron chi connectivity index (χ3n) is 4.57. The molecule has 0 radical (unpaired) electrons. The van der Waals surface area contributed by atoms with Crippen molar-refractivity contribution < 1.29 is 14.7 Å². The van der Waals surface area contributed by atoms with Gasteiger partial charge in [-0.3, -0.25) is 4.79 Å². The molecule has 112 valence electrons. The van der Waals surface area contributed by atoms with Gasteiger partial charge in [0.15, 0.2) is 0 Å². The molecule has 3 rings (SSSR count). The van der Waals surface area contributed by atoms with E-state index in [-0.39, 0.29) is 11.8 Å². The van der Waals surface area contributed by atoms with Gasteiger partial charge < -0.3 is 10.4 Å². The van der Waals surface area contributed by atoms with E-state index in [1.54, 1.807) is 17.4 Å². The van der Waals surface area contributed by atoms with Crippen molar-refractivity contribution in [3.8, 4) is 0 Å². The second-order valence-electron chi connectivity index (χ2n) is 5.83. The van der Waals surface area contributed by atoms with E-state index >= 15 is 0 Å². The quantitative estimate of drug-likeness (QED) is 0.822. The molecule has 2 saturated carbocycles. The van der Waals surface area contributed by atoms with Crippen molar-refractivity contribution in [3.63, 3.8) is 0 Å². The molecule has 21 heavy (non-hydrogen) atoms. The van der Waals surface area contributed by atoms with Crippen LogP contribution < -0.4 is 5.32 Å². The zero-order valence-electron chi connectivity index (χ0n) is 11.7. The maximum absolute atomic E-state index is 12.2. The largest absolute Gasteiger partial charge is 0.478 e. The minimum Gasteiger partial charge on any atom is -0.478 e. The molecule has 1 amide bonds. The highest BCUT2D eigenvalue weighted by Crippen LogP contribution is 2.55. The van der Waals surface area contributed by atoms with Gasteiger partial charge in [-0.2, -0.15) is 0 Å². The first-order chi connectivity index (χ1) is 10.2. The van der Waals surface area contributed by atoms with Gasteiger partial charge in [-0.1, -0.05) is 12.8 Å². The Kier molecular flexibility index (Phi) is 4.10. The van der Waals surface area contributed by atoms with Gasteiger partial charge in [-0.25, -0.2) is 4.79 Å². The number of hydrogen-bond acceptors (Lipinski definition) is 3. The lowest BCUT2D eigenvalue weighted by Crippen LogP contribution is -2.25. The number of aliphatic carboxylic acids is 1. The Morgan fingerprint density at radius 1 is 1.33 bits per heavy atom. The maximum atomic E-state index is 12.2. The summed E-state index contributed by atoms with van der Waals surface area (Å²) in [5.74, 6) is 0.680. The van der Waals surface area contributed by atoms with E-state index < -0.39 is 5.97 Å². The highest BCUT2D eigenvalue weighted by Gasteiger charge is 2.54. The molecular weight excluding hydrogens is 286 g/mol. The topological polar surface area (TPSA) is 66.4 Å². The van der Waals surface area contributed by atoms with E-state index in [9.17, 15) is 9.59 Å². The van der Waals surface area contributed by atoms with Gasteiger partial charge in [0.2, 0.25) is 5.91 Å². The van der Waals surface area contributed by atoms with E-state index in [1.165, 1.54) is 25.7 Å². The van der Waals surface area contributed by atoms with Crippen molar-refractivity contribution in [2.75, 3.05) is 0 Å². The van der Waals surface area contributed by atoms with Crippen molar-refractivity contribution in [2.45, 2.75) is 32.2 Å². The number of carbonyl (C=O) groups excluding carboxylic acids is 1. The van der Waals surface area contributed by atoms with Crippen molar-refractivity contribution in [3.05, 3.63) is 28.0 Å². The molecule has 2 aliphatic carbocycles. The second kappa shape index (κ2) is 6.02. The van der Waals surface area contributed by atoms with Gasteiger partial charge in [0.25, 0.3) is 0 Å². The first kappa shape index (κ1) is 14.3. The van der Waals surface area contributed by atoms with Crippen LogP contribution in [0.4, 0.5) is 0 Å². The Bertz CT molecular complexity index is 566. The molecule has 5 heteroatoms. The van der Waals surface area contributed by atoms with Crippen molar-refractivity contribution in [1.29, 1.82) is 0 Å². The molecule has 0 aliphatic heterocycles. The van der Waals surface area contributed by atoms with Crippen LogP contribution in [0.1, 0.15) is 36.1 Å². The fourth-order valence-corrected chi connectivity index (χ4v) is 4.28. The number of carboxylic acid groups (broad SMARTS) is 1. The molecule has 4 nitrogen and oxygen atoms in total. The summed E-state index contributed by atoms with van der Waals surface area (Å²) in [6.07, 6.45) is 7.64. The Balaban J connectivity index is 1.55. The lowest BCUT2D eigenvalue weighted by atomic mass is 10.0. The summed E-state index contributed by atoms with van der Waals surface area (Å²) in [7, 11) is 0. The highest BCUT2D eigenvalue weighted by molar-refractivity contribution is 7.10. The zero-order valence-corrected chi connectivity index (χ0v) is 12.6. The Hall–Kier alpha value is -1.62. The molecular formula is C16H19NO3S. The molecule has 2 unspecified atom stereocenters. The molecule has 0 saturated heterocycles. The van der Waals surface area contributed by atoms with E-state index in [0.29, 0.717) is 18.4 Å². The monoisotopic (exact) mass is 305 g/mol. The van der Waals surface area contributed by atoms with Crippen LogP contribution in [-0.2, 0) is 16.1 Å². The lowest BCUT2D eigenvalue weighted by Gasteiger charge is -2.04. The number of carbonyl (C=O) groups is 2. The molecule has 2 fully saturated rings. The fraction of sp³-hybridized carbons (Fsp3) is 0.500. The number of amides is 1.